The van der Waals surface area contributed by atoms with Gasteiger partial charge in [-0.25, -0.2) is 0 Å². The second-order valence-corrected chi connectivity index (χ2v) is 1.15. The second kappa shape index (κ2) is 22.5. The van der Waals surface area contributed by atoms with Crippen LogP contribution in [-0.4, -0.2) is 12.5 Å². The first kappa shape index (κ1) is 17.1. The zero-order valence-electron chi connectivity index (χ0n) is 7.07. The lowest BCUT2D eigenvalue weighted by atomic mass is 10.4. The van der Waals surface area contributed by atoms with Gasteiger partial charge in [-0.15, -0.1) is 0 Å². The molecule has 0 heterocycles. The van der Waals surface area contributed by atoms with Crippen molar-refractivity contribution < 1.29 is 0 Å². The van der Waals surface area contributed by atoms with Crippen LogP contribution < -0.4 is 6.15 Å². The van der Waals surface area contributed by atoms with Crippen molar-refractivity contribution in [1.82, 2.24) is 6.15 Å². The van der Waals surface area contributed by atoms with E-state index in [2.05, 4.69) is 25.3 Å². The van der Waals surface area contributed by atoms with Gasteiger partial charge in [-0.1, -0.05) is 36.4 Å². The smallest absolute Gasteiger partial charge is 0.0215 e. The summed E-state index contributed by atoms with van der Waals surface area (Å²) in [5, 5.41) is 0. The van der Waals surface area contributed by atoms with Crippen molar-refractivity contribution >= 4 is 25.3 Å². The molecular weight excluding hydrogens is 174 g/mol. The van der Waals surface area contributed by atoms with Gasteiger partial charge < -0.3 is 6.15 Å². The largest absolute Gasteiger partial charge is 0.344 e. The summed E-state index contributed by atoms with van der Waals surface area (Å²) in [6.45, 7) is 0. The van der Waals surface area contributed by atoms with Gasteiger partial charge in [0.2, 0.25) is 0 Å². The van der Waals surface area contributed by atoms with Gasteiger partial charge in [0, 0.05) is 0 Å². The van der Waals surface area contributed by atoms with Crippen molar-refractivity contribution in [1.29, 1.82) is 0 Å². The Hall–Kier alpha value is -0.120. The molecule has 1 nitrogen and oxygen atoms in total. The molecule has 1 aromatic carbocycles. The molecule has 11 heavy (non-hydrogen) atoms. The second-order valence-electron chi connectivity index (χ2n) is 1.15. The molecule has 3 heteroatoms. The van der Waals surface area contributed by atoms with E-state index in [1.807, 2.05) is 36.4 Å². The van der Waals surface area contributed by atoms with Crippen molar-refractivity contribution in [3.63, 3.8) is 0 Å². The van der Waals surface area contributed by atoms with Crippen molar-refractivity contribution in [2.75, 3.05) is 12.5 Å². The average molecular weight is 191 g/mol. The Morgan fingerprint density at radius 3 is 0.727 bits per heavy atom. The zero-order chi connectivity index (χ0) is 8.24. The molecule has 0 bridgehead atoms. The van der Waals surface area contributed by atoms with Crippen LogP contribution in [0.5, 0.6) is 0 Å². The predicted molar refractivity (Wildman–Crippen MR) is 61.3 cm³/mol. The maximum Gasteiger partial charge on any atom is -0.0215 e. The van der Waals surface area contributed by atoms with Gasteiger partial charge >= 0.3 is 0 Å². The molecule has 0 amide bonds. The summed E-state index contributed by atoms with van der Waals surface area (Å²) in [5.74, 6) is 0. The van der Waals surface area contributed by atoms with Crippen molar-refractivity contribution in [2.24, 2.45) is 0 Å². The Labute approximate surface area is 80.6 Å². The lowest BCUT2D eigenvalue weighted by Crippen LogP contribution is -1.47. The highest BCUT2D eigenvalue weighted by atomic mass is 32.1. The molecule has 0 fully saturated rings. The van der Waals surface area contributed by atoms with Gasteiger partial charge in [0.15, 0.2) is 0 Å². The third-order valence-electron chi connectivity index (χ3n) is 0.667. The van der Waals surface area contributed by atoms with E-state index in [-0.39, 0.29) is 6.15 Å². The van der Waals surface area contributed by atoms with Gasteiger partial charge in [-0.3, -0.25) is 0 Å². The topological polar surface area (TPSA) is 35.0 Å². The molecule has 0 aliphatic carbocycles. The van der Waals surface area contributed by atoms with Crippen molar-refractivity contribution in [2.45, 2.75) is 0 Å². The summed E-state index contributed by atoms with van der Waals surface area (Å²) >= 11 is 7.06. The highest BCUT2D eigenvalue weighted by molar-refractivity contribution is 7.79. The molecule has 0 aliphatic heterocycles. The molecule has 1 aromatic rings. The van der Waals surface area contributed by atoms with Crippen LogP contribution in [0.1, 0.15) is 0 Å². The maximum atomic E-state index is 3.53. The van der Waals surface area contributed by atoms with E-state index in [1.54, 1.807) is 12.5 Å². The minimum atomic E-state index is 0. The molecule has 0 atom stereocenters. The van der Waals surface area contributed by atoms with E-state index in [9.17, 15) is 0 Å². The molecule has 0 spiro atoms. The zero-order valence-corrected chi connectivity index (χ0v) is 8.85. The molecule has 0 saturated carbocycles. The molecule has 0 saturated heterocycles. The molecule has 1 rings (SSSR count). The van der Waals surface area contributed by atoms with Crippen molar-refractivity contribution in [3.8, 4) is 0 Å². The van der Waals surface area contributed by atoms with E-state index < -0.39 is 0 Å². The van der Waals surface area contributed by atoms with E-state index in [0.717, 1.165) is 0 Å². The molecule has 3 N–H and O–H groups in total. The van der Waals surface area contributed by atoms with Crippen LogP contribution in [-0.2, 0) is 0 Å². The fourth-order valence-corrected chi connectivity index (χ4v) is 0.385. The Balaban J connectivity index is -0.000000114. The van der Waals surface area contributed by atoms with Crippen LogP contribution in [0.4, 0.5) is 0 Å². The number of benzene rings is 1. The normalized spacial score (nSPS) is 5.45. The third-order valence-corrected chi connectivity index (χ3v) is 0.667. The van der Waals surface area contributed by atoms with Gasteiger partial charge in [0.25, 0.3) is 0 Å². The summed E-state index contributed by atoms with van der Waals surface area (Å²) < 4.78 is 0. The van der Waals surface area contributed by atoms with Crippen LogP contribution in [0, 0.1) is 0 Å². The predicted octanol–water partition coefficient (Wildman–Crippen LogP) is 2.94. The lowest BCUT2D eigenvalue weighted by Gasteiger charge is -1.69. The van der Waals surface area contributed by atoms with Crippen LogP contribution in [0.25, 0.3) is 0 Å². The fraction of sp³-hybridized carbons (Fsp3) is 0.250. The quantitative estimate of drug-likeness (QED) is 0.542. The SMILES string of the molecule is CS.CS.N.c1ccccc1. The van der Waals surface area contributed by atoms with Crippen LogP contribution in [0.15, 0.2) is 36.4 Å². The number of hydrogen-bond donors (Lipinski definition) is 3. The number of rotatable bonds is 0. The minimum absolute atomic E-state index is 0. The molecule has 66 valence electrons. The summed E-state index contributed by atoms with van der Waals surface area (Å²) in [6.07, 6.45) is 3.39. The average Bonchev–Trinajstić information content (AvgIpc) is 2.14. The Bertz CT molecular complexity index is 84.0. The van der Waals surface area contributed by atoms with Gasteiger partial charge in [-0.05, 0) is 12.5 Å². The van der Waals surface area contributed by atoms with Crippen LogP contribution in [0.3, 0.4) is 0 Å². The molecule has 0 unspecified atom stereocenters. The lowest BCUT2D eigenvalue weighted by molar-refractivity contribution is 1.72. The van der Waals surface area contributed by atoms with E-state index in [4.69, 9.17) is 0 Å². The van der Waals surface area contributed by atoms with E-state index in [0.29, 0.717) is 0 Å². The summed E-state index contributed by atoms with van der Waals surface area (Å²) in [5.41, 5.74) is 0. The fourth-order valence-electron chi connectivity index (χ4n) is 0.385. The molecular formula is C8H17NS2. The molecule has 0 radical (unpaired) electrons. The minimum Gasteiger partial charge on any atom is -0.344 e. The number of thiol groups is 2. The Kier molecular flexibility index (Phi) is 35.0. The standard InChI is InChI=1S/C6H6.2CH4S.H3N/c1-2-4-6-5-3-1;2*1-2;/h1-6H;2*2H,1H3;1H3. The summed E-state index contributed by atoms with van der Waals surface area (Å²) in [4.78, 5) is 0. The number of hydrogen-bond acceptors (Lipinski definition) is 3. The van der Waals surface area contributed by atoms with Gasteiger partial charge in [0.05, 0.1) is 0 Å². The Morgan fingerprint density at radius 1 is 0.545 bits per heavy atom. The summed E-state index contributed by atoms with van der Waals surface area (Å²) in [6, 6.07) is 12.0. The first-order valence-electron chi connectivity index (χ1n) is 2.89. The summed E-state index contributed by atoms with van der Waals surface area (Å²) in [7, 11) is 0. The molecule has 0 aliphatic rings. The van der Waals surface area contributed by atoms with Crippen LogP contribution >= 0.6 is 25.3 Å². The van der Waals surface area contributed by atoms with Gasteiger partial charge in [-0.2, -0.15) is 25.3 Å². The van der Waals surface area contributed by atoms with Crippen LogP contribution in [0.2, 0.25) is 0 Å². The third kappa shape index (κ3) is 17.7. The highest BCUT2D eigenvalue weighted by Gasteiger charge is 1.57. The van der Waals surface area contributed by atoms with Gasteiger partial charge in [0.1, 0.15) is 0 Å². The van der Waals surface area contributed by atoms with Crippen molar-refractivity contribution in [3.05, 3.63) is 36.4 Å². The van der Waals surface area contributed by atoms with E-state index >= 15 is 0 Å². The monoisotopic (exact) mass is 191 g/mol. The maximum absolute atomic E-state index is 3.53. The Morgan fingerprint density at radius 2 is 0.636 bits per heavy atom. The highest BCUT2D eigenvalue weighted by Crippen LogP contribution is 1.79. The first-order chi connectivity index (χ1) is 5.00. The van der Waals surface area contributed by atoms with E-state index in [1.165, 1.54) is 0 Å². The molecule has 0 aromatic heterocycles. The first-order valence-corrected chi connectivity index (χ1v) is 4.68.